The van der Waals surface area contributed by atoms with E-state index >= 15 is 0 Å². The molecule has 2 aromatic carbocycles. The molecule has 0 bridgehead atoms. The van der Waals surface area contributed by atoms with E-state index in [1.807, 2.05) is 24.5 Å². The smallest absolute Gasteiger partial charge is 0.127 e. The Morgan fingerprint density at radius 2 is 2.10 bits per heavy atom. The molecule has 0 saturated carbocycles. The van der Waals surface area contributed by atoms with Crippen LogP contribution in [0.4, 0.5) is 0 Å². The monoisotopic (exact) mass is 279 g/mol. The number of fused-ring (bicyclic) bond motifs is 2. The molecular formula is C17H17N3O. The molecule has 0 spiro atoms. The van der Waals surface area contributed by atoms with Crippen LogP contribution in [0, 0.1) is 0 Å². The second-order valence-electron chi connectivity index (χ2n) is 5.43. The number of ether oxygens (including phenoxy) is 1. The van der Waals surface area contributed by atoms with Crippen LogP contribution in [0.5, 0.6) is 5.75 Å². The van der Waals surface area contributed by atoms with Gasteiger partial charge in [-0.05, 0) is 17.7 Å². The van der Waals surface area contributed by atoms with Crippen molar-refractivity contribution in [2.45, 2.75) is 19.0 Å². The molecule has 0 aliphatic carbocycles. The maximum absolute atomic E-state index is 6.42. The van der Waals surface area contributed by atoms with E-state index in [9.17, 15) is 0 Å². The predicted molar refractivity (Wildman–Crippen MR) is 82.3 cm³/mol. The van der Waals surface area contributed by atoms with Gasteiger partial charge in [0.25, 0.3) is 0 Å². The number of nitrogens with zero attached hydrogens (tertiary/aromatic N) is 2. The van der Waals surface area contributed by atoms with Crippen molar-refractivity contribution in [2.75, 3.05) is 6.61 Å². The first kappa shape index (κ1) is 12.4. The Bertz CT molecular complexity index is 794. The Balaban J connectivity index is 1.67. The molecule has 1 aliphatic heterocycles. The van der Waals surface area contributed by atoms with E-state index < -0.39 is 0 Å². The third-order valence-corrected chi connectivity index (χ3v) is 4.07. The Kier molecular flexibility index (Phi) is 2.89. The van der Waals surface area contributed by atoms with Crippen molar-refractivity contribution in [3.8, 4) is 5.75 Å². The molecule has 4 heteroatoms. The molecule has 3 aromatic rings. The van der Waals surface area contributed by atoms with E-state index in [1.54, 1.807) is 0 Å². The SMILES string of the molecule is NC(Cn1cnc2ccccc21)c1cccc2c1OCC2. The molecule has 2 N–H and O–H groups in total. The van der Waals surface area contributed by atoms with Gasteiger partial charge in [0.05, 0.1) is 30.0 Å². The minimum Gasteiger partial charge on any atom is -0.493 e. The second kappa shape index (κ2) is 4.90. The van der Waals surface area contributed by atoms with Gasteiger partial charge in [-0.2, -0.15) is 0 Å². The van der Waals surface area contributed by atoms with E-state index in [-0.39, 0.29) is 6.04 Å². The summed E-state index contributed by atoms with van der Waals surface area (Å²) in [5.41, 5.74) is 10.9. The minimum absolute atomic E-state index is 0.101. The van der Waals surface area contributed by atoms with Crippen molar-refractivity contribution in [3.63, 3.8) is 0 Å². The molecule has 2 heterocycles. The molecule has 1 aromatic heterocycles. The number of rotatable bonds is 3. The summed E-state index contributed by atoms with van der Waals surface area (Å²) in [4.78, 5) is 4.41. The summed E-state index contributed by atoms with van der Waals surface area (Å²) >= 11 is 0. The molecule has 4 nitrogen and oxygen atoms in total. The first-order valence-electron chi connectivity index (χ1n) is 7.23. The summed E-state index contributed by atoms with van der Waals surface area (Å²) in [7, 11) is 0. The average molecular weight is 279 g/mol. The molecule has 0 radical (unpaired) electrons. The number of aromatic nitrogens is 2. The molecule has 0 amide bonds. The van der Waals surface area contributed by atoms with Crippen LogP contribution in [0.3, 0.4) is 0 Å². The van der Waals surface area contributed by atoms with Crippen molar-refractivity contribution in [2.24, 2.45) is 5.73 Å². The topological polar surface area (TPSA) is 53.1 Å². The van der Waals surface area contributed by atoms with Gasteiger partial charge in [0.15, 0.2) is 0 Å². The number of benzene rings is 2. The molecule has 0 saturated heterocycles. The second-order valence-corrected chi connectivity index (χ2v) is 5.43. The zero-order valence-corrected chi connectivity index (χ0v) is 11.7. The number of nitrogens with two attached hydrogens (primary N) is 1. The third-order valence-electron chi connectivity index (χ3n) is 4.07. The van der Waals surface area contributed by atoms with E-state index in [1.165, 1.54) is 5.56 Å². The lowest BCUT2D eigenvalue weighted by molar-refractivity contribution is 0.349. The lowest BCUT2D eigenvalue weighted by Gasteiger charge is -2.16. The molecule has 0 fully saturated rings. The van der Waals surface area contributed by atoms with Crippen LogP contribution in [-0.2, 0) is 13.0 Å². The minimum atomic E-state index is -0.101. The predicted octanol–water partition coefficient (Wildman–Crippen LogP) is 2.67. The highest BCUT2D eigenvalue weighted by Gasteiger charge is 2.20. The Morgan fingerprint density at radius 3 is 3.05 bits per heavy atom. The first-order valence-corrected chi connectivity index (χ1v) is 7.23. The van der Waals surface area contributed by atoms with Gasteiger partial charge in [-0.1, -0.05) is 30.3 Å². The maximum atomic E-state index is 6.42. The summed E-state index contributed by atoms with van der Waals surface area (Å²) < 4.78 is 7.86. The normalized spacial score (nSPS) is 14.9. The Morgan fingerprint density at radius 1 is 1.19 bits per heavy atom. The summed E-state index contributed by atoms with van der Waals surface area (Å²) in [5, 5.41) is 0. The standard InChI is InChI=1S/C17H17N3O/c18-14(13-5-3-4-12-8-9-21-17(12)13)10-20-11-19-15-6-1-2-7-16(15)20/h1-7,11,14H,8-10,18H2. The van der Waals surface area contributed by atoms with Crippen LogP contribution in [-0.4, -0.2) is 16.2 Å². The number of para-hydroxylation sites is 3. The van der Waals surface area contributed by atoms with Crippen LogP contribution >= 0.6 is 0 Å². The fourth-order valence-electron chi connectivity index (χ4n) is 3.00. The summed E-state index contributed by atoms with van der Waals surface area (Å²) in [6, 6.07) is 14.2. The highest BCUT2D eigenvalue weighted by molar-refractivity contribution is 5.74. The van der Waals surface area contributed by atoms with Gasteiger partial charge in [0.1, 0.15) is 5.75 Å². The van der Waals surface area contributed by atoms with Crippen LogP contribution in [0.25, 0.3) is 11.0 Å². The Labute approximate surface area is 123 Å². The van der Waals surface area contributed by atoms with Crippen molar-refractivity contribution in [1.29, 1.82) is 0 Å². The number of hydrogen-bond donors (Lipinski definition) is 1. The van der Waals surface area contributed by atoms with Gasteiger partial charge in [0, 0.05) is 18.5 Å². The Hall–Kier alpha value is -2.33. The van der Waals surface area contributed by atoms with E-state index in [0.29, 0.717) is 6.54 Å². The lowest BCUT2D eigenvalue weighted by Crippen LogP contribution is -2.18. The van der Waals surface area contributed by atoms with Crippen LogP contribution in [0.2, 0.25) is 0 Å². The van der Waals surface area contributed by atoms with Crippen molar-refractivity contribution < 1.29 is 4.74 Å². The van der Waals surface area contributed by atoms with Crippen LogP contribution in [0.1, 0.15) is 17.2 Å². The van der Waals surface area contributed by atoms with Crippen LogP contribution < -0.4 is 10.5 Å². The van der Waals surface area contributed by atoms with Gasteiger partial charge < -0.3 is 15.0 Å². The molecular weight excluding hydrogens is 262 g/mol. The average Bonchev–Trinajstić information content (AvgIpc) is 3.14. The van der Waals surface area contributed by atoms with Crippen molar-refractivity contribution in [1.82, 2.24) is 9.55 Å². The third kappa shape index (κ3) is 2.08. The largest absolute Gasteiger partial charge is 0.493 e. The van der Waals surface area contributed by atoms with Gasteiger partial charge in [0.2, 0.25) is 0 Å². The van der Waals surface area contributed by atoms with Gasteiger partial charge in [-0.15, -0.1) is 0 Å². The number of hydrogen-bond acceptors (Lipinski definition) is 3. The fraction of sp³-hybridized carbons (Fsp3) is 0.235. The van der Waals surface area contributed by atoms with Crippen LogP contribution in [0.15, 0.2) is 48.8 Å². The maximum Gasteiger partial charge on any atom is 0.127 e. The zero-order valence-electron chi connectivity index (χ0n) is 11.7. The fourth-order valence-corrected chi connectivity index (χ4v) is 3.00. The molecule has 21 heavy (non-hydrogen) atoms. The summed E-state index contributed by atoms with van der Waals surface area (Å²) in [6.07, 6.45) is 2.83. The first-order chi connectivity index (χ1) is 10.3. The van der Waals surface area contributed by atoms with Crippen molar-refractivity contribution in [3.05, 3.63) is 59.9 Å². The van der Waals surface area contributed by atoms with E-state index in [2.05, 4.69) is 33.8 Å². The molecule has 1 atom stereocenters. The zero-order chi connectivity index (χ0) is 14.2. The van der Waals surface area contributed by atoms with Gasteiger partial charge in [-0.25, -0.2) is 4.98 Å². The molecule has 4 rings (SSSR count). The number of imidazole rings is 1. The highest BCUT2D eigenvalue weighted by Crippen LogP contribution is 2.33. The summed E-state index contributed by atoms with van der Waals surface area (Å²) in [5.74, 6) is 0.981. The quantitative estimate of drug-likeness (QED) is 0.802. The lowest BCUT2D eigenvalue weighted by atomic mass is 10.0. The van der Waals surface area contributed by atoms with E-state index in [0.717, 1.165) is 35.4 Å². The van der Waals surface area contributed by atoms with Crippen molar-refractivity contribution >= 4 is 11.0 Å². The summed E-state index contributed by atoms with van der Waals surface area (Å²) in [6.45, 7) is 1.45. The van der Waals surface area contributed by atoms with E-state index in [4.69, 9.17) is 10.5 Å². The van der Waals surface area contributed by atoms with Gasteiger partial charge in [-0.3, -0.25) is 0 Å². The molecule has 1 unspecified atom stereocenters. The highest BCUT2D eigenvalue weighted by atomic mass is 16.5. The van der Waals surface area contributed by atoms with Gasteiger partial charge >= 0.3 is 0 Å². The molecule has 1 aliphatic rings. The molecule has 106 valence electrons.